The van der Waals surface area contributed by atoms with Crippen molar-refractivity contribution in [2.24, 2.45) is 5.14 Å². The molecule has 1 amide bonds. The molecule has 0 atom stereocenters. The van der Waals surface area contributed by atoms with E-state index in [0.29, 0.717) is 11.1 Å². The summed E-state index contributed by atoms with van der Waals surface area (Å²) in [6.07, 6.45) is 1.75. The van der Waals surface area contributed by atoms with Gasteiger partial charge in [-0.1, -0.05) is 0 Å². The Balaban J connectivity index is 2.04. The van der Waals surface area contributed by atoms with Crippen LogP contribution in [0.3, 0.4) is 0 Å². The Kier molecular flexibility index (Phi) is 5.03. The first-order valence-electron chi connectivity index (χ1n) is 6.56. The predicted octanol–water partition coefficient (Wildman–Crippen LogP) is 1.39. The number of amides is 1. The lowest BCUT2D eigenvalue weighted by molar-refractivity contribution is -0.00862. The van der Waals surface area contributed by atoms with Gasteiger partial charge in [-0.3, -0.25) is 4.79 Å². The smallest absolute Gasteiger partial charge is 0.251 e. The lowest BCUT2D eigenvalue weighted by Crippen LogP contribution is -2.47. The minimum atomic E-state index is -3.87. The van der Waals surface area contributed by atoms with Gasteiger partial charge in [0, 0.05) is 22.7 Å². The fraction of sp³-hybridized carbons (Fsp3) is 0.462. The normalized spacial score (nSPS) is 21.7. The molecule has 6 nitrogen and oxygen atoms in total. The third-order valence-corrected chi connectivity index (χ3v) is 5.24. The Morgan fingerprint density at radius 1 is 1.48 bits per heavy atom. The summed E-state index contributed by atoms with van der Waals surface area (Å²) in [7, 11) is -3.87. The molecule has 2 rings (SSSR count). The fourth-order valence-electron chi connectivity index (χ4n) is 2.19. The Labute approximate surface area is 132 Å². The number of carbonyl (C=O) groups is 1. The van der Waals surface area contributed by atoms with Crippen LogP contribution in [0.1, 0.15) is 30.1 Å². The first kappa shape index (κ1) is 16.4. The molecule has 1 aliphatic carbocycles. The number of hydrogen-bond donors (Lipinski definition) is 2. The quantitative estimate of drug-likeness (QED) is 0.810. The van der Waals surface area contributed by atoms with Gasteiger partial charge >= 0.3 is 0 Å². The van der Waals surface area contributed by atoms with Crippen LogP contribution in [-0.2, 0) is 14.8 Å². The summed E-state index contributed by atoms with van der Waals surface area (Å²) in [4.78, 5) is 12.0. The SMILES string of the molecule is CCOC1CC(NC(=O)c2ccc(Br)c(S(N)(=O)=O)c2)C1. The van der Waals surface area contributed by atoms with E-state index >= 15 is 0 Å². The Bertz CT molecular complexity index is 642. The standard InChI is InChI=1S/C13H17BrN2O4S/c1-2-20-10-6-9(7-10)16-13(17)8-3-4-11(14)12(5-8)21(15,18)19/h3-5,9-10H,2,6-7H2,1H3,(H,16,17)(H2,15,18,19). The third kappa shape index (κ3) is 4.03. The molecule has 0 saturated heterocycles. The number of rotatable bonds is 5. The molecule has 0 radical (unpaired) electrons. The first-order chi connectivity index (χ1) is 9.81. The summed E-state index contributed by atoms with van der Waals surface area (Å²) in [6.45, 7) is 2.60. The van der Waals surface area contributed by atoms with Crippen LogP contribution in [0.5, 0.6) is 0 Å². The lowest BCUT2D eigenvalue weighted by atomic mass is 9.89. The van der Waals surface area contributed by atoms with Crippen molar-refractivity contribution in [2.75, 3.05) is 6.61 Å². The van der Waals surface area contributed by atoms with Gasteiger partial charge < -0.3 is 10.1 Å². The topological polar surface area (TPSA) is 98.5 Å². The number of ether oxygens (including phenoxy) is 1. The van der Waals surface area contributed by atoms with Crippen LogP contribution in [0.25, 0.3) is 0 Å². The molecule has 1 fully saturated rings. The maximum atomic E-state index is 12.1. The van der Waals surface area contributed by atoms with Crippen molar-refractivity contribution in [2.45, 2.75) is 36.8 Å². The van der Waals surface area contributed by atoms with Crippen molar-refractivity contribution in [1.82, 2.24) is 5.32 Å². The van der Waals surface area contributed by atoms with Crippen molar-refractivity contribution in [3.05, 3.63) is 28.2 Å². The summed E-state index contributed by atoms with van der Waals surface area (Å²) in [6, 6.07) is 4.38. The molecule has 21 heavy (non-hydrogen) atoms. The molecule has 1 saturated carbocycles. The highest BCUT2D eigenvalue weighted by molar-refractivity contribution is 9.10. The minimum Gasteiger partial charge on any atom is -0.378 e. The second-order valence-corrected chi connectivity index (χ2v) is 7.29. The van der Waals surface area contributed by atoms with Crippen LogP contribution in [0.2, 0.25) is 0 Å². The minimum absolute atomic E-state index is 0.0654. The van der Waals surface area contributed by atoms with Crippen molar-refractivity contribution in [3.8, 4) is 0 Å². The molecular formula is C13H17BrN2O4S. The summed E-state index contributed by atoms with van der Waals surface area (Å²) in [5.74, 6) is -0.313. The van der Waals surface area contributed by atoms with Gasteiger partial charge in [-0.25, -0.2) is 13.6 Å². The molecule has 116 valence electrons. The average molecular weight is 377 g/mol. The highest BCUT2D eigenvalue weighted by Crippen LogP contribution is 2.25. The molecule has 1 aromatic carbocycles. The van der Waals surface area contributed by atoms with Gasteiger partial charge in [-0.15, -0.1) is 0 Å². The Morgan fingerprint density at radius 2 is 2.14 bits per heavy atom. The maximum Gasteiger partial charge on any atom is 0.251 e. The zero-order valence-corrected chi connectivity index (χ0v) is 13.9. The van der Waals surface area contributed by atoms with Crippen molar-refractivity contribution >= 4 is 31.9 Å². The molecule has 0 unspecified atom stereocenters. The zero-order valence-electron chi connectivity index (χ0n) is 11.5. The van der Waals surface area contributed by atoms with Crippen molar-refractivity contribution in [3.63, 3.8) is 0 Å². The molecule has 1 aliphatic rings. The first-order valence-corrected chi connectivity index (χ1v) is 8.90. The predicted molar refractivity (Wildman–Crippen MR) is 81.4 cm³/mol. The van der Waals surface area contributed by atoms with E-state index in [1.165, 1.54) is 12.1 Å². The molecule has 0 bridgehead atoms. The lowest BCUT2D eigenvalue weighted by Gasteiger charge is -2.35. The summed E-state index contributed by atoms with van der Waals surface area (Å²) in [5, 5.41) is 7.96. The Morgan fingerprint density at radius 3 is 2.71 bits per heavy atom. The molecule has 3 N–H and O–H groups in total. The Hall–Kier alpha value is -0.960. The van der Waals surface area contributed by atoms with Crippen LogP contribution in [0, 0.1) is 0 Å². The van der Waals surface area contributed by atoms with E-state index in [2.05, 4.69) is 21.2 Å². The van der Waals surface area contributed by atoms with E-state index < -0.39 is 10.0 Å². The highest BCUT2D eigenvalue weighted by Gasteiger charge is 2.31. The van der Waals surface area contributed by atoms with Gasteiger partial charge in [0.05, 0.1) is 11.0 Å². The van der Waals surface area contributed by atoms with Crippen LogP contribution < -0.4 is 10.5 Å². The zero-order chi connectivity index (χ0) is 15.6. The molecule has 8 heteroatoms. The molecular weight excluding hydrogens is 360 g/mol. The third-order valence-electron chi connectivity index (χ3n) is 3.33. The molecule has 0 spiro atoms. The molecule has 0 aromatic heterocycles. The van der Waals surface area contributed by atoms with Crippen LogP contribution in [0.4, 0.5) is 0 Å². The highest BCUT2D eigenvalue weighted by atomic mass is 79.9. The van der Waals surface area contributed by atoms with Gasteiger partial charge in [-0.05, 0) is 53.9 Å². The second-order valence-electron chi connectivity index (χ2n) is 4.91. The van der Waals surface area contributed by atoms with E-state index in [1.807, 2.05) is 6.92 Å². The molecule has 1 aromatic rings. The van der Waals surface area contributed by atoms with Gasteiger partial charge in [0.15, 0.2) is 0 Å². The summed E-state index contributed by atoms with van der Waals surface area (Å²) < 4.78 is 28.6. The largest absolute Gasteiger partial charge is 0.378 e. The van der Waals surface area contributed by atoms with Gasteiger partial charge in [0.25, 0.3) is 5.91 Å². The van der Waals surface area contributed by atoms with Crippen LogP contribution in [-0.4, -0.2) is 33.1 Å². The van der Waals surface area contributed by atoms with E-state index in [-0.39, 0.29) is 28.5 Å². The van der Waals surface area contributed by atoms with Crippen LogP contribution >= 0.6 is 15.9 Å². The second kappa shape index (κ2) is 6.43. The summed E-state index contributed by atoms with van der Waals surface area (Å²) in [5.41, 5.74) is 0.266. The van der Waals surface area contributed by atoms with Gasteiger partial charge in [0.2, 0.25) is 10.0 Å². The van der Waals surface area contributed by atoms with Crippen molar-refractivity contribution in [1.29, 1.82) is 0 Å². The van der Waals surface area contributed by atoms with Gasteiger partial charge in [0.1, 0.15) is 0 Å². The van der Waals surface area contributed by atoms with Crippen molar-refractivity contribution < 1.29 is 17.9 Å². The van der Waals surface area contributed by atoms with E-state index in [4.69, 9.17) is 9.88 Å². The number of nitrogens with one attached hydrogen (secondary N) is 1. The number of carbonyl (C=O) groups excluding carboxylic acids is 1. The number of halogens is 1. The molecule has 0 heterocycles. The number of sulfonamides is 1. The van der Waals surface area contributed by atoms with Gasteiger partial charge in [-0.2, -0.15) is 0 Å². The van der Waals surface area contributed by atoms with E-state index in [0.717, 1.165) is 12.8 Å². The molecule has 0 aliphatic heterocycles. The van der Waals surface area contributed by atoms with E-state index in [1.54, 1.807) is 6.07 Å². The maximum absolute atomic E-state index is 12.1. The van der Waals surface area contributed by atoms with E-state index in [9.17, 15) is 13.2 Å². The van der Waals surface area contributed by atoms with Crippen LogP contribution in [0.15, 0.2) is 27.6 Å². The number of hydrogen-bond acceptors (Lipinski definition) is 4. The fourth-order valence-corrected chi connectivity index (χ4v) is 3.74. The summed E-state index contributed by atoms with van der Waals surface area (Å²) >= 11 is 3.11. The number of benzene rings is 1. The average Bonchev–Trinajstić information content (AvgIpc) is 2.35. The number of primary sulfonamides is 1. The number of nitrogens with two attached hydrogens (primary N) is 1. The monoisotopic (exact) mass is 376 g/mol.